The Morgan fingerprint density at radius 2 is 2.00 bits per heavy atom. The van der Waals surface area contributed by atoms with Crippen LogP contribution < -0.4 is 0 Å². The number of rotatable bonds is 3. The summed E-state index contributed by atoms with van der Waals surface area (Å²) in [6.45, 7) is 2.10. The van der Waals surface area contributed by atoms with E-state index >= 15 is 0 Å². The van der Waals surface area contributed by atoms with Gasteiger partial charge in [-0.25, -0.2) is 4.39 Å². The van der Waals surface area contributed by atoms with Gasteiger partial charge in [0.2, 0.25) is 0 Å². The summed E-state index contributed by atoms with van der Waals surface area (Å²) in [5, 5.41) is 2.02. The van der Waals surface area contributed by atoms with E-state index in [0.717, 1.165) is 11.3 Å². The lowest BCUT2D eigenvalue weighted by Crippen LogP contribution is -1.73. The Bertz CT molecular complexity index is 251. The summed E-state index contributed by atoms with van der Waals surface area (Å²) in [6.07, 6.45) is 1.98. The smallest absolute Gasteiger partial charge is 0.123 e. The van der Waals surface area contributed by atoms with Crippen molar-refractivity contribution in [3.05, 3.63) is 41.1 Å². The fourth-order valence-electron chi connectivity index (χ4n) is 0.797. The lowest BCUT2D eigenvalue weighted by atomic mass is 10.2. The van der Waals surface area contributed by atoms with E-state index in [4.69, 9.17) is 0 Å². The fourth-order valence-corrected chi connectivity index (χ4v) is 1.24. The van der Waals surface area contributed by atoms with Crippen molar-refractivity contribution in [2.75, 3.05) is 5.75 Å². The average molecular weight is 182 g/mol. The number of hydrogen-bond donors (Lipinski definition) is 0. The predicted molar refractivity (Wildman–Crippen MR) is 53.6 cm³/mol. The molecule has 0 aliphatic carbocycles. The van der Waals surface area contributed by atoms with Gasteiger partial charge in [0.15, 0.2) is 0 Å². The second kappa shape index (κ2) is 4.99. The lowest BCUT2D eigenvalue weighted by Gasteiger charge is -1.91. The molecule has 0 fully saturated rings. The van der Waals surface area contributed by atoms with Gasteiger partial charge in [-0.15, -0.1) is 11.8 Å². The third-order valence-corrected chi connectivity index (χ3v) is 2.06. The van der Waals surface area contributed by atoms with E-state index in [1.54, 1.807) is 23.9 Å². The number of benzene rings is 1. The van der Waals surface area contributed by atoms with Gasteiger partial charge in [0, 0.05) is 0 Å². The minimum atomic E-state index is -0.185. The van der Waals surface area contributed by atoms with E-state index in [9.17, 15) is 4.39 Å². The first-order valence-electron chi connectivity index (χ1n) is 3.86. The Labute approximate surface area is 76.5 Å². The molecule has 0 atom stereocenters. The molecule has 0 aromatic heterocycles. The van der Waals surface area contributed by atoms with Crippen molar-refractivity contribution >= 4 is 17.8 Å². The maximum atomic E-state index is 12.4. The van der Waals surface area contributed by atoms with Gasteiger partial charge < -0.3 is 0 Å². The molecule has 0 spiro atoms. The van der Waals surface area contributed by atoms with Gasteiger partial charge in [-0.1, -0.05) is 19.1 Å². The standard InChI is InChI=1S/C10H11FS/c1-2-12-8-7-9-3-5-10(11)6-4-9/h3-8H,2H2,1H3/b8-7+. The highest BCUT2D eigenvalue weighted by molar-refractivity contribution is 8.02. The van der Waals surface area contributed by atoms with Crippen molar-refractivity contribution in [1.29, 1.82) is 0 Å². The van der Waals surface area contributed by atoms with Gasteiger partial charge in [0.1, 0.15) is 5.82 Å². The third kappa shape index (κ3) is 3.09. The first-order valence-corrected chi connectivity index (χ1v) is 4.91. The Kier molecular flexibility index (Phi) is 3.88. The van der Waals surface area contributed by atoms with Gasteiger partial charge in [-0.2, -0.15) is 0 Å². The first-order chi connectivity index (χ1) is 5.83. The zero-order valence-electron chi connectivity index (χ0n) is 6.96. The van der Waals surface area contributed by atoms with Gasteiger partial charge >= 0.3 is 0 Å². The highest BCUT2D eigenvalue weighted by atomic mass is 32.2. The number of hydrogen-bond acceptors (Lipinski definition) is 1. The highest BCUT2D eigenvalue weighted by Crippen LogP contribution is 2.08. The molecule has 0 unspecified atom stereocenters. The monoisotopic (exact) mass is 182 g/mol. The average Bonchev–Trinajstić information content (AvgIpc) is 2.09. The molecule has 0 N–H and O–H groups in total. The van der Waals surface area contributed by atoms with E-state index in [-0.39, 0.29) is 5.82 Å². The van der Waals surface area contributed by atoms with Crippen LogP contribution in [0.25, 0.3) is 6.08 Å². The van der Waals surface area contributed by atoms with E-state index in [1.807, 2.05) is 11.5 Å². The largest absolute Gasteiger partial charge is 0.207 e. The van der Waals surface area contributed by atoms with Crippen LogP contribution in [-0.2, 0) is 0 Å². The lowest BCUT2D eigenvalue weighted by molar-refractivity contribution is 0.628. The number of thioether (sulfide) groups is 1. The van der Waals surface area contributed by atoms with Crippen LogP contribution >= 0.6 is 11.8 Å². The van der Waals surface area contributed by atoms with E-state index in [0.29, 0.717) is 0 Å². The molecule has 1 aromatic carbocycles. The molecule has 64 valence electrons. The topological polar surface area (TPSA) is 0 Å². The molecule has 0 heterocycles. The van der Waals surface area contributed by atoms with Crippen molar-refractivity contribution in [3.63, 3.8) is 0 Å². The summed E-state index contributed by atoms with van der Waals surface area (Å²) in [4.78, 5) is 0. The predicted octanol–water partition coefficient (Wildman–Crippen LogP) is 3.55. The molecule has 0 aliphatic rings. The second-order valence-corrected chi connectivity index (χ2v) is 3.49. The van der Waals surface area contributed by atoms with E-state index in [1.165, 1.54) is 12.1 Å². The molecule has 0 radical (unpaired) electrons. The highest BCUT2D eigenvalue weighted by Gasteiger charge is 1.87. The molecule has 1 rings (SSSR count). The third-order valence-electron chi connectivity index (χ3n) is 1.39. The van der Waals surface area contributed by atoms with Crippen molar-refractivity contribution < 1.29 is 4.39 Å². The van der Waals surface area contributed by atoms with Gasteiger partial charge in [0.25, 0.3) is 0 Å². The van der Waals surface area contributed by atoms with Crippen LogP contribution in [0.1, 0.15) is 12.5 Å². The Morgan fingerprint density at radius 3 is 2.58 bits per heavy atom. The first kappa shape index (κ1) is 9.33. The number of halogens is 1. The molecular weight excluding hydrogens is 171 g/mol. The molecule has 0 saturated carbocycles. The molecule has 1 aromatic rings. The van der Waals surface area contributed by atoms with E-state index < -0.39 is 0 Å². The molecule has 2 heteroatoms. The van der Waals surface area contributed by atoms with Crippen LogP contribution in [0, 0.1) is 5.82 Å². The van der Waals surface area contributed by atoms with Crippen LogP contribution in [0.5, 0.6) is 0 Å². The SMILES string of the molecule is CCS/C=C/c1ccc(F)cc1. The van der Waals surface area contributed by atoms with Crippen molar-refractivity contribution in [1.82, 2.24) is 0 Å². The van der Waals surface area contributed by atoms with Crippen molar-refractivity contribution in [3.8, 4) is 0 Å². The van der Waals surface area contributed by atoms with Crippen LogP contribution in [0.15, 0.2) is 29.7 Å². The quantitative estimate of drug-likeness (QED) is 0.689. The fraction of sp³-hybridized carbons (Fsp3) is 0.200. The summed E-state index contributed by atoms with van der Waals surface area (Å²) < 4.78 is 12.4. The zero-order valence-corrected chi connectivity index (χ0v) is 7.77. The normalized spacial score (nSPS) is 10.8. The minimum Gasteiger partial charge on any atom is -0.207 e. The molecule has 0 saturated heterocycles. The molecular formula is C10H11FS. The molecule has 0 nitrogen and oxygen atoms in total. The molecule has 0 aliphatic heterocycles. The van der Waals surface area contributed by atoms with Crippen LogP contribution in [0.4, 0.5) is 4.39 Å². The Balaban J connectivity index is 2.58. The molecule has 12 heavy (non-hydrogen) atoms. The summed E-state index contributed by atoms with van der Waals surface area (Å²) in [7, 11) is 0. The van der Waals surface area contributed by atoms with Crippen LogP contribution in [-0.4, -0.2) is 5.75 Å². The van der Waals surface area contributed by atoms with E-state index in [2.05, 4.69) is 6.92 Å². The van der Waals surface area contributed by atoms with Gasteiger partial charge in [-0.05, 0) is 34.9 Å². The summed E-state index contributed by atoms with van der Waals surface area (Å²) >= 11 is 1.73. The maximum absolute atomic E-state index is 12.4. The summed E-state index contributed by atoms with van der Waals surface area (Å²) in [5.41, 5.74) is 1.04. The molecule has 0 amide bonds. The van der Waals surface area contributed by atoms with Crippen LogP contribution in [0.2, 0.25) is 0 Å². The van der Waals surface area contributed by atoms with Crippen molar-refractivity contribution in [2.45, 2.75) is 6.92 Å². The summed E-state index contributed by atoms with van der Waals surface area (Å²) in [5.74, 6) is 0.882. The molecule has 0 bridgehead atoms. The zero-order chi connectivity index (χ0) is 8.81. The van der Waals surface area contributed by atoms with Crippen LogP contribution in [0.3, 0.4) is 0 Å². The Hall–Kier alpha value is -0.760. The van der Waals surface area contributed by atoms with Crippen molar-refractivity contribution in [2.24, 2.45) is 0 Å². The minimum absolute atomic E-state index is 0.185. The van der Waals surface area contributed by atoms with Gasteiger partial charge in [0.05, 0.1) is 0 Å². The van der Waals surface area contributed by atoms with Gasteiger partial charge in [-0.3, -0.25) is 0 Å². The Morgan fingerprint density at radius 1 is 1.33 bits per heavy atom. The summed E-state index contributed by atoms with van der Waals surface area (Å²) in [6, 6.07) is 6.47. The maximum Gasteiger partial charge on any atom is 0.123 e. The second-order valence-electron chi connectivity index (χ2n) is 2.31.